The van der Waals surface area contributed by atoms with Gasteiger partial charge in [-0.3, -0.25) is 4.79 Å². The van der Waals surface area contributed by atoms with Crippen molar-refractivity contribution in [3.63, 3.8) is 0 Å². The zero-order valence-corrected chi connectivity index (χ0v) is 14.9. The minimum Gasteiger partial charge on any atom is -0.489 e. The fraction of sp³-hybridized carbons (Fsp3) is 0.0455. The summed E-state index contributed by atoms with van der Waals surface area (Å²) in [6, 6.07) is 20.7. The Bertz CT molecular complexity index is 1050. The van der Waals surface area contributed by atoms with Crippen LogP contribution in [0.3, 0.4) is 0 Å². The predicted octanol–water partition coefficient (Wildman–Crippen LogP) is 4.57. The third-order valence-electron chi connectivity index (χ3n) is 4.03. The number of ether oxygens (including phenoxy) is 1. The van der Waals surface area contributed by atoms with Crippen LogP contribution in [0.15, 0.2) is 89.8 Å². The number of anilines is 1. The lowest BCUT2D eigenvalue weighted by atomic mass is 10.2. The van der Waals surface area contributed by atoms with Crippen molar-refractivity contribution >= 4 is 11.6 Å². The number of para-hydroxylation sites is 1. The number of carbonyl (C=O) groups excluding carboxylic acids is 1. The minimum absolute atomic E-state index is 0.197. The van der Waals surface area contributed by atoms with Crippen LogP contribution in [-0.4, -0.2) is 15.9 Å². The molecule has 6 heteroatoms. The van der Waals surface area contributed by atoms with E-state index < -0.39 is 0 Å². The van der Waals surface area contributed by atoms with Crippen LogP contribution in [0.1, 0.15) is 16.1 Å². The molecule has 4 aromatic rings. The first-order valence-electron chi connectivity index (χ1n) is 8.72. The van der Waals surface area contributed by atoms with Crippen LogP contribution in [0.25, 0.3) is 11.4 Å². The molecule has 0 bridgehead atoms. The number of hydrogen-bond acceptors (Lipinski definition) is 5. The largest absolute Gasteiger partial charge is 0.489 e. The number of carbonyl (C=O) groups is 1. The van der Waals surface area contributed by atoms with Gasteiger partial charge in [-0.1, -0.05) is 48.5 Å². The third kappa shape index (κ3) is 4.07. The molecule has 0 aliphatic heterocycles. The molecule has 0 radical (unpaired) electrons. The first-order chi connectivity index (χ1) is 13.8. The van der Waals surface area contributed by atoms with Crippen molar-refractivity contribution in [1.82, 2.24) is 9.97 Å². The maximum Gasteiger partial charge on any atom is 0.291 e. The summed E-state index contributed by atoms with van der Waals surface area (Å²) in [5.74, 6) is 1.13. The summed E-state index contributed by atoms with van der Waals surface area (Å²) in [5, 5.41) is 2.75. The molecular formula is C22H17N3O3. The van der Waals surface area contributed by atoms with Crippen molar-refractivity contribution < 1.29 is 13.9 Å². The highest BCUT2D eigenvalue weighted by Crippen LogP contribution is 2.18. The van der Waals surface area contributed by atoms with Gasteiger partial charge < -0.3 is 14.5 Å². The Hall–Kier alpha value is -3.93. The number of nitrogens with one attached hydrogen (secondary N) is 1. The highest BCUT2D eigenvalue weighted by atomic mass is 16.5. The second-order valence-electron chi connectivity index (χ2n) is 5.99. The average Bonchev–Trinajstić information content (AvgIpc) is 3.23. The van der Waals surface area contributed by atoms with E-state index in [2.05, 4.69) is 15.3 Å². The Labute approximate surface area is 161 Å². The maximum absolute atomic E-state index is 12.5. The number of hydrogen-bond donors (Lipinski definition) is 1. The molecule has 6 nitrogen and oxygen atoms in total. The fourth-order valence-corrected chi connectivity index (χ4v) is 2.64. The molecule has 138 valence electrons. The second-order valence-corrected chi connectivity index (χ2v) is 5.99. The van der Waals surface area contributed by atoms with Gasteiger partial charge in [0.2, 0.25) is 0 Å². The average molecular weight is 371 g/mol. The van der Waals surface area contributed by atoms with Crippen LogP contribution >= 0.6 is 0 Å². The highest BCUT2D eigenvalue weighted by Gasteiger charge is 2.16. The molecule has 1 N–H and O–H groups in total. The number of aromatic nitrogens is 2. The minimum atomic E-state index is -0.382. The topological polar surface area (TPSA) is 77.3 Å². The smallest absolute Gasteiger partial charge is 0.291 e. The van der Waals surface area contributed by atoms with E-state index in [4.69, 9.17) is 9.15 Å². The van der Waals surface area contributed by atoms with Gasteiger partial charge in [-0.25, -0.2) is 9.97 Å². The predicted molar refractivity (Wildman–Crippen MR) is 105 cm³/mol. The number of benzene rings is 2. The van der Waals surface area contributed by atoms with Crippen LogP contribution < -0.4 is 10.1 Å². The molecule has 0 fully saturated rings. The molecule has 0 saturated carbocycles. The van der Waals surface area contributed by atoms with Crippen molar-refractivity contribution in [2.45, 2.75) is 6.61 Å². The van der Waals surface area contributed by atoms with Gasteiger partial charge in [0, 0.05) is 11.1 Å². The van der Waals surface area contributed by atoms with Crippen LogP contribution in [0, 0.1) is 0 Å². The Kier molecular flexibility index (Phi) is 5.11. The normalized spacial score (nSPS) is 10.4. The first-order valence-corrected chi connectivity index (χ1v) is 8.72. The van der Waals surface area contributed by atoms with Crippen molar-refractivity contribution in [3.05, 3.63) is 96.7 Å². The van der Waals surface area contributed by atoms with Crippen molar-refractivity contribution in [1.29, 1.82) is 0 Å². The molecular weight excluding hydrogens is 354 g/mol. The zero-order chi connectivity index (χ0) is 19.2. The van der Waals surface area contributed by atoms with Gasteiger partial charge in [0.15, 0.2) is 11.6 Å². The summed E-state index contributed by atoms with van der Waals surface area (Å²) in [6.07, 6.45) is 4.60. The molecule has 0 saturated heterocycles. The van der Waals surface area contributed by atoms with Crippen LogP contribution in [0.5, 0.6) is 5.75 Å². The molecule has 0 atom stereocenters. The zero-order valence-electron chi connectivity index (χ0n) is 14.9. The summed E-state index contributed by atoms with van der Waals surface area (Å²) in [4.78, 5) is 21.1. The highest BCUT2D eigenvalue weighted by molar-refractivity contribution is 6.03. The lowest BCUT2D eigenvalue weighted by Crippen LogP contribution is -2.14. The summed E-state index contributed by atoms with van der Waals surface area (Å²) in [7, 11) is 0. The molecule has 4 rings (SSSR count). The van der Waals surface area contributed by atoms with E-state index >= 15 is 0 Å². The lowest BCUT2D eigenvalue weighted by molar-refractivity contribution is 0.0993. The number of furan rings is 1. The second kappa shape index (κ2) is 8.18. The van der Waals surface area contributed by atoms with Crippen molar-refractivity contribution in [2.24, 2.45) is 0 Å². The first kappa shape index (κ1) is 17.5. The van der Waals surface area contributed by atoms with E-state index in [1.165, 1.54) is 6.26 Å². The molecule has 0 aliphatic carbocycles. The van der Waals surface area contributed by atoms with Gasteiger partial charge in [0.1, 0.15) is 12.4 Å². The third-order valence-corrected chi connectivity index (χ3v) is 4.03. The van der Waals surface area contributed by atoms with Gasteiger partial charge in [-0.15, -0.1) is 0 Å². The monoisotopic (exact) mass is 371 g/mol. The summed E-state index contributed by atoms with van der Waals surface area (Å²) in [5.41, 5.74) is 2.05. The van der Waals surface area contributed by atoms with Crippen LogP contribution in [-0.2, 0) is 6.61 Å². The van der Waals surface area contributed by atoms with Crippen molar-refractivity contribution in [2.75, 3.05) is 5.32 Å². The molecule has 2 aromatic heterocycles. The maximum atomic E-state index is 12.5. The summed E-state index contributed by atoms with van der Waals surface area (Å²) < 4.78 is 11.0. The van der Waals surface area contributed by atoms with Gasteiger partial charge in [-0.05, 0) is 18.2 Å². The quantitative estimate of drug-likeness (QED) is 0.537. The van der Waals surface area contributed by atoms with E-state index in [1.807, 2.05) is 60.7 Å². The van der Waals surface area contributed by atoms with Gasteiger partial charge in [0.05, 0.1) is 24.3 Å². The molecule has 1 amide bonds. The van der Waals surface area contributed by atoms with Gasteiger partial charge in [-0.2, -0.15) is 0 Å². The summed E-state index contributed by atoms with van der Waals surface area (Å²) >= 11 is 0. The molecule has 0 spiro atoms. The van der Waals surface area contributed by atoms with E-state index in [9.17, 15) is 4.79 Å². The van der Waals surface area contributed by atoms with Gasteiger partial charge >= 0.3 is 0 Å². The molecule has 2 aromatic carbocycles. The van der Waals surface area contributed by atoms with E-state index in [0.29, 0.717) is 17.1 Å². The fourth-order valence-electron chi connectivity index (χ4n) is 2.64. The Balaban J connectivity index is 1.42. The lowest BCUT2D eigenvalue weighted by Gasteiger charge is -2.07. The molecule has 0 unspecified atom stereocenters. The standard InChI is InChI=1S/C22H17N3O3/c26-22(20-17(11-12-27-20)15-28-19-9-5-2-6-10-19)25-18-13-23-21(24-14-18)16-7-3-1-4-8-16/h1-14H,15H2,(H,25,26). The SMILES string of the molecule is O=C(Nc1cnc(-c2ccccc2)nc1)c1occc1COc1ccccc1. The van der Waals surface area contributed by atoms with Crippen LogP contribution in [0.4, 0.5) is 5.69 Å². The summed E-state index contributed by atoms with van der Waals surface area (Å²) in [6.45, 7) is 0.229. The Morgan fingerprint density at radius 1 is 0.929 bits per heavy atom. The molecule has 0 aliphatic rings. The van der Waals surface area contributed by atoms with Crippen molar-refractivity contribution in [3.8, 4) is 17.1 Å². The van der Waals surface area contributed by atoms with E-state index in [0.717, 1.165) is 11.3 Å². The number of rotatable bonds is 6. The van der Waals surface area contributed by atoms with E-state index in [-0.39, 0.29) is 18.3 Å². The van der Waals surface area contributed by atoms with Crippen LogP contribution in [0.2, 0.25) is 0 Å². The molecule has 2 heterocycles. The van der Waals surface area contributed by atoms with E-state index in [1.54, 1.807) is 18.5 Å². The van der Waals surface area contributed by atoms with Gasteiger partial charge in [0.25, 0.3) is 5.91 Å². The Morgan fingerprint density at radius 3 is 2.32 bits per heavy atom. The number of amides is 1. The molecule has 28 heavy (non-hydrogen) atoms. The Morgan fingerprint density at radius 2 is 1.61 bits per heavy atom. The number of nitrogens with zero attached hydrogens (tertiary/aromatic N) is 2.